The summed E-state index contributed by atoms with van der Waals surface area (Å²) in [4.78, 5) is 0. The van der Waals surface area contributed by atoms with E-state index in [1.165, 1.54) is 5.56 Å². The molecule has 3 rings (SSSR count). The van der Waals surface area contributed by atoms with Crippen molar-refractivity contribution in [1.82, 2.24) is 0 Å². The average Bonchev–Trinajstić information content (AvgIpc) is 2.71. The minimum absolute atomic E-state index is 0.118. The van der Waals surface area contributed by atoms with Crippen molar-refractivity contribution in [1.29, 1.82) is 0 Å². The van der Waals surface area contributed by atoms with E-state index < -0.39 is 0 Å². The SMILES string of the molecule is COc1cc(CNc2cc(Cl)c(O)c(Cl)c2)ccc1OCCc1ccccc1. The van der Waals surface area contributed by atoms with Gasteiger partial charge in [-0.1, -0.05) is 59.6 Å². The minimum Gasteiger partial charge on any atom is -0.505 e. The Bertz CT molecular complexity index is 909. The molecule has 0 saturated carbocycles. The molecular weight excluding hydrogens is 397 g/mol. The van der Waals surface area contributed by atoms with Gasteiger partial charge in [-0.25, -0.2) is 0 Å². The number of hydrogen-bond donors (Lipinski definition) is 2. The van der Waals surface area contributed by atoms with Crippen molar-refractivity contribution in [2.24, 2.45) is 0 Å². The van der Waals surface area contributed by atoms with Crippen LogP contribution < -0.4 is 14.8 Å². The number of benzene rings is 3. The first-order valence-corrected chi connectivity index (χ1v) is 9.58. The summed E-state index contributed by atoms with van der Waals surface area (Å²) >= 11 is 11.9. The van der Waals surface area contributed by atoms with E-state index >= 15 is 0 Å². The predicted molar refractivity (Wildman–Crippen MR) is 114 cm³/mol. The van der Waals surface area contributed by atoms with E-state index in [1.54, 1.807) is 19.2 Å². The Labute approximate surface area is 174 Å². The first-order valence-electron chi connectivity index (χ1n) is 8.82. The molecule has 3 aromatic rings. The molecule has 0 unspecified atom stereocenters. The number of nitrogens with one attached hydrogen (secondary N) is 1. The summed E-state index contributed by atoms with van der Waals surface area (Å²) in [5.74, 6) is 1.26. The van der Waals surface area contributed by atoms with Crippen LogP contribution >= 0.6 is 23.2 Å². The number of halogens is 2. The molecule has 0 fully saturated rings. The fraction of sp³-hybridized carbons (Fsp3) is 0.182. The maximum atomic E-state index is 9.64. The Hall–Kier alpha value is -2.56. The third-order valence-corrected chi connectivity index (χ3v) is 4.81. The van der Waals surface area contributed by atoms with E-state index in [9.17, 15) is 5.11 Å². The first kappa shape index (κ1) is 20.2. The lowest BCUT2D eigenvalue weighted by molar-refractivity contribution is 0.297. The third-order valence-electron chi connectivity index (χ3n) is 4.23. The summed E-state index contributed by atoms with van der Waals surface area (Å²) in [6.45, 7) is 1.11. The van der Waals surface area contributed by atoms with Gasteiger partial charge in [0.25, 0.3) is 0 Å². The second-order valence-electron chi connectivity index (χ2n) is 6.21. The van der Waals surface area contributed by atoms with Crippen LogP contribution in [-0.4, -0.2) is 18.8 Å². The van der Waals surface area contributed by atoms with Gasteiger partial charge in [-0.05, 0) is 35.4 Å². The molecule has 0 amide bonds. The molecule has 3 aromatic carbocycles. The van der Waals surface area contributed by atoms with Crippen LogP contribution in [0.5, 0.6) is 17.2 Å². The van der Waals surface area contributed by atoms with Gasteiger partial charge >= 0.3 is 0 Å². The van der Waals surface area contributed by atoms with E-state index in [0.29, 0.717) is 24.7 Å². The van der Waals surface area contributed by atoms with Crippen LogP contribution in [-0.2, 0) is 13.0 Å². The molecular formula is C22H21Cl2NO3. The van der Waals surface area contributed by atoms with Crippen LogP contribution in [0.15, 0.2) is 60.7 Å². The molecule has 6 heteroatoms. The Balaban J connectivity index is 1.61. The van der Waals surface area contributed by atoms with Crippen LogP contribution in [0.3, 0.4) is 0 Å². The van der Waals surface area contributed by atoms with Crippen molar-refractivity contribution >= 4 is 28.9 Å². The molecule has 146 valence electrons. The highest BCUT2D eigenvalue weighted by Crippen LogP contribution is 2.35. The van der Waals surface area contributed by atoms with Crippen molar-refractivity contribution in [3.05, 3.63) is 81.8 Å². The Morgan fingerprint density at radius 2 is 1.61 bits per heavy atom. The molecule has 0 atom stereocenters. The fourth-order valence-corrected chi connectivity index (χ4v) is 3.22. The van der Waals surface area contributed by atoms with Crippen molar-refractivity contribution < 1.29 is 14.6 Å². The summed E-state index contributed by atoms with van der Waals surface area (Å²) in [5, 5.41) is 13.3. The number of methoxy groups -OCH3 is 1. The largest absolute Gasteiger partial charge is 0.505 e. The van der Waals surface area contributed by atoms with Gasteiger partial charge in [-0.15, -0.1) is 0 Å². The Morgan fingerprint density at radius 3 is 2.29 bits per heavy atom. The standard InChI is InChI=1S/C22H21Cl2NO3/c1-27-21-11-16(14-25-17-12-18(23)22(26)19(24)13-17)7-8-20(21)28-10-9-15-5-3-2-4-6-15/h2-8,11-13,25-26H,9-10,14H2,1H3. The number of phenolic OH excluding ortho intramolecular Hbond substituents is 1. The van der Waals surface area contributed by atoms with Gasteiger partial charge in [0.1, 0.15) is 0 Å². The Morgan fingerprint density at radius 1 is 0.893 bits per heavy atom. The smallest absolute Gasteiger partial charge is 0.161 e. The molecule has 2 N–H and O–H groups in total. The third kappa shape index (κ3) is 5.24. The van der Waals surface area contributed by atoms with Crippen molar-refractivity contribution in [3.8, 4) is 17.2 Å². The van der Waals surface area contributed by atoms with Crippen LogP contribution in [0.1, 0.15) is 11.1 Å². The number of rotatable bonds is 8. The first-order chi connectivity index (χ1) is 13.6. The Kier molecular flexibility index (Phi) is 6.90. The molecule has 0 heterocycles. The number of phenols is 1. The number of ether oxygens (including phenoxy) is 2. The zero-order valence-corrected chi connectivity index (χ0v) is 16.9. The number of aromatic hydroxyl groups is 1. The maximum absolute atomic E-state index is 9.64. The van der Waals surface area contributed by atoms with Crippen molar-refractivity contribution in [3.63, 3.8) is 0 Å². The summed E-state index contributed by atoms with van der Waals surface area (Å²) in [7, 11) is 1.62. The molecule has 0 aliphatic heterocycles. The molecule has 4 nitrogen and oxygen atoms in total. The number of anilines is 1. The van der Waals surface area contributed by atoms with E-state index in [-0.39, 0.29) is 15.8 Å². The van der Waals surface area contributed by atoms with Crippen LogP contribution in [0.25, 0.3) is 0 Å². The lowest BCUT2D eigenvalue weighted by Crippen LogP contribution is -2.04. The van der Waals surface area contributed by atoms with Crippen molar-refractivity contribution in [2.45, 2.75) is 13.0 Å². The zero-order valence-electron chi connectivity index (χ0n) is 15.4. The highest BCUT2D eigenvalue weighted by Gasteiger charge is 2.09. The average molecular weight is 418 g/mol. The normalized spacial score (nSPS) is 10.5. The second kappa shape index (κ2) is 9.58. The monoisotopic (exact) mass is 417 g/mol. The minimum atomic E-state index is -0.118. The van der Waals surface area contributed by atoms with Gasteiger partial charge in [-0.3, -0.25) is 0 Å². The van der Waals surface area contributed by atoms with E-state index in [4.69, 9.17) is 32.7 Å². The summed E-state index contributed by atoms with van der Waals surface area (Å²) in [6, 6.07) is 19.2. The van der Waals surface area contributed by atoms with E-state index in [2.05, 4.69) is 17.4 Å². The van der Waals surface area contributed by atoms with Crippen molar-refractivity contribution in [2.75, 3.05) is 19.0 Å². The lowest BCUT2D eigenvalue weighted by Gasteiger charge is -2.13. The molecule has 28 heavy (non-hydrogen) atoms. The molecule has 0 aliphatic rings. The highest BCUT2D eigenvalue weighted by atomic mass is 35.5. The topological polar surface area (TPSA) is 50.7 Å². The van der Waals surface area contributed by atoms with Gasteiger partial charge in [0.15, 0.2) is 17.2 Å². The highest BCUT2D eigenvalue weighted by molar-refractivity contribution is 6.37. The molecule has 0 radical (unpaired) electrons. The van der Waals surface area contributed by atoms with Gasteiger partial charge in [0, 0.05) is 18.7 Å². The van der Waals surface area contributed by atoms with Crippen LogP contribution in [0.4, 0.5) is 5.69 Å². The van der Waals surface area contributed by atoms with Crippen LogP contribution in [0.2, 0.25) is 10.0 Å². The van der Waals surface area contributed by atoms with Gasteiger partial charge in [0.05, 0.1) is 23.8 Å². The van der Waals surface area contributed by atoms with Crippen LogP contribution in [0, 0.1) is 0 Å². The molecule has 0 saturated heterocycles. The van der Waals surface area contributed by atoms with E-state index in [1.807, 2.05) is 36.4 Å². The molecule has 0 spiro atoms. The molecule has 0 aromatic heterocycles. The molecule has 0 aliphatic carbocycles. The number of hydrogen-bond acceptors (Lipinski definition) is 4. The summed E-state index contributed by atoms with van der Waals surface area (Å²) in [5.41, 5.74) is 2.95. The van der Waals surface area contributed by atoms with Gasteiger partial charge < -0.3 is 19.9 Å². The lowest BCUT2D eigenvalue weighted by atomic mass is 10.1. The molecule has 0 bridgehead atoms. The summed E-state index contributed by atoms with van der Waals surface area (Å²) < 4.78 is 11.4. The zero-order chi connectivity index (χ0) is 19.9. The maximum Gasteiger partial charge on any atom is 0.161 e. The van der Waals surface area contributed by atoms with Gasteiger partial charge in [0.2, 0.25) is 0 Å². The van der Waals surface area contributed by atoms with Gasteiger partial charge in [-0.2, -0.15) is 0 Å². The predicted octanol–water partition coefficient (Wildman–Crippen LogP) is 5.94. The fourth-order valence-electron chi connectivity index (χ4n) is 2.74. The summed E-state index contributed by atoms with van der Waals surface area (Å²) in [6.07, 6.45) is 0.829. The van der Waals surface area contributed by atoms with E-state index in [0.717, 1.165) is 17.7 Å². The second-order valence-corrected chi connectivity index (χ2v) is 7.03. The quantitative estimate of drug-likeness (QED) is 0.445.